The van der Waals surface area contributed by atoms with Crippen molar-refractivity contribution in [1.82, 2.24) is 23.6 Å². The molecular weight excluding hydrogens is 398 g/mol. The van der Waals surface area contributed by atoms with Gasteiger partial charge >= 0.3 is 0 Å². The zero-order chi connectivity index (χ0) is 21.3. The van der Waals surface area contributed by atoms with Crippen molar-refractivity contribution in [2.75, 3.05) is 14.2 Å². The lowest BCUT2D eigenvalue weighted by molar-refractivity contribution is 0.244. The Kier molecular flexibility index (Phi) is 5.52. The van der Waals surface area contributed by atoms with E-state index in [1.807, 2.05) is 60.0 Å². The van der Waals surface area contributed by atoms with Crippen LogP contribution in [0, 0.1) is 4.77 Å². The number of rotatable bonds is 7. The molecule has 0 saturated heterocycles. The summed E-state index contributed by atoms with van der Waals surface area (Å²) in [4.78, 5) is 15.1. The van der Waals surface area contributed by atoms with Crippen LogP contribution in [-0.2, 0) is 19.8 Å². The fourth-order valence-corrected chi connectivity index (χ4v) is 3.85. The van der Waals surface area contributed by atoms with Crippen molar-refractivity contribution >= 4 is 28.9 Å². The van der Waals surface area contributed by atoms with E-state index in [1.165, 1.54) is 0 Å². The predicted octanol–water partition coefficient (Wildman–Crippen LogP) is 3.46. The number of aromatic nitrogens is 4. The zero-order valence-electron chi connectivity index (χ0n) is 17.0. The maximum atomic E-state index is 13.0. The van der Waals surface area contributed by atoms with Gasteiger partial charge in [-0.2, -0.15) is 0 Å². The second-order valence-electron chi connectivity index (χ2n) is 7.14. The normalized spacial score (nSPS) is 11.4. The van der Waals surface area contributed by atoms with E-state index < -0.39 is 0 Å². The van der Waals surface area contributed by atoms with Crippen LogP contribution in [0.5, 0.6) is 5.75 Å². The van der Waals surface area contributed by atoms with Crippen molar-refractivity contribution < 1.29 is 4.74 Å². The lowest BCUT2D eigenvalue weighted by atomic mass is 10.2. The lowest BCUT2D eigenvalue weighted by Crippen LogP contribution is -2.23. The van der Waals surface area contributed by atoms with Gasteiger partial charge < -0.3 is 4.74 Å². The highest BCUT2D eigenvalue weighted by molar-refractivity contribution is 7.71. The Labute approximate surface area is 179 Å². The minimum absolute atomic E-state index is 0.100. The first-order valence-electron chi connectivity index (χ1n) is 9.57. The van der Waals surface area contributed by atoms with Crippen molar-refractivity contribution in [3.8, 4) is 5.75 Å². The molecule has 0 aliphatic rings. The third-order valence-corrected chi connectivity index (χ3v) is 5.38. The molecule has 0 aliphatic carbocycles. The van der Waals surface area contributed by atoms with Crippen LogP contribution < -0.4 is 10.3 Å². The second kappa shape index (κ2) is 8.25. The first-order valence-corrected chi connectivity index (χ1v) is 9.98. The van der Waals surface area contributed by atoms with Gasteiger partial charge in [-0.1, -0.05) is 30.3 Å². The molecule has 2 aromatic heterocycles. The Morgan fingerprint density at radius 1 is 1.20 bits per heavy atom. The molecule has 0 fully saturated rings. The quantitative estimate of drug-likeness (QED) is 0.338. The number of hydrogen-bond donors (Lipinski definition) is 0. The van der Waals surface area contributed by atoms with Crippen LogP contribution in [0.2, 0.25) is 0 Å². The summed E-state index contributed by atoms with van der Waals surface area (Å²) in [6.07, 6.45) is 1.69. The largest absolute Gasteiger partial charge is 0.497 e. The molecule has 0 amide bonds. The van der Waals surface area contributed by atoms with Crippen LogP contribution in [0.4, 0.5) is 0 Å². The molecule has 4 aromatic rings. The van der Waals surface area contributed by atoms with Crippen LogP contribution in [0.25, 0.3) is 16.7 Å². The van der Waals surface area contributed by atoms with Gasteiger partial charge in [0, 0.05) is 13.1 Å². The Balaban J connectivity index is 1.74. The summed E-state index contributed by atoms with van der Waals surface area (Å²) in [6, 6.07) is 15.4. The Hall–Kier alpha value is -3.23. The first-order chi connectivity index (χ1) is 14.5. The lowest BCUT2D eigenvalue weighted by Gasteiger charge is -2.16. The molecule has 8 heteroatoms. The molecule has 4 rings (SSSR count). The average Bonchev–Trinajstić information content (AvgIpc) is 3.07. The number of benzene rings is 2. The maximum absolute atomic E-state index is 13.0. The summed E-state index contributed by atoms with van der Waals surface area (Å²) in [5.74, 6) is 1.34. The second-order valence-corrected chi connectivity index (χ2v) is 7.51. The minimum atomic E-state index is -0.100. The van der Waals surface area contributed by atoms with Crippen LogP contribution in [0.3, 0.4) is 0 Å². The van der Waals surface area contributed by atoms with E-state index in [2.05, 4.69) is 16.6 Å². The zero-order valence-corrected chi connectivity index (χ0v) is 17.8. The van der Waals surface area contributed by atoms with Gasteiger partial charge in [-0.05, 0) is 49.1 Å². The van der Waals surface area contributed by atoms with E-state index in [0.29, 0.717) is 29.1 Å². The maximum Gasteiger partial charge on any atom is 0.263 e. The first kappa shape index (κ1) is 20.1. The molecule has 2 heterocycles. The van der Waals surface area contributed by atoms with E-state index in [0.717, 1.165) is 23.4 Å². The summed E-state index contributed by atoms with van der Waals surface area (Å²) in [5, 5.41) is 5.29. The third kappa shape index (κ3) is 3.55. The van der Waals surface area contributed by atoms with Gasteiger partial charge in [0.2, 0.25) is 10.5 Å². The Morgan fingerprint density at radius 2 is 1.93 bits per heavy atom. The van der Waals surface area contributed by atoms with Gasteiger partial charge in [-0.25, -0.2) is 4.68 Å². The van der Waals surface area contributed by atoms with E-state index >= 15 is 0 Å². The van der Waals surface area contributed by atoms with Gasteiger partial charge in [0.1, 0.15) is 5.75 Å². The van der Waals surface area contributed by atoms with Crippen molar-refractivity contribution in [1.29, 1.82) is 0 Å². The van der Waals surface area contributed by atoms with E-state index in [1.54, 1.807) is 22.4 Å². The monoisotopic (exact) mass is 421 g/mol. The number of ether oxygens (including phenoxy) is 1. The number of para-hydroxylation sites is 1. The van der Waals surface area contributed by atoms with Crippen molar-refractivity contribution in [2.45, 2.75) is 19.8 Å². The summed E-state index contributed by atoms with van der Waals surface area (Å²) in [7, 11) is 3.66. The summed E-state index contributed by atoms with van der Waals surface area (Å²) in [6.45, 7) is 5.35. The smallest absolute Gasteiger partial charge is 0.263 e. The van der Waals surface area contributed by atoms with Gasteiger partial charge in [0.15, 0.2) is 0 Å². The highest BCUT2D eigenvalue weighted by Crippen LogP contribution is 2.16. The van der Waals surface area contributed by atoms with Gasteiger partial charge in [0.05, 0.1) is 24.7 Å². The SMILES string of the molecule is C=CCn1c(=O)c2ccccc2n2c(=S)n(CN(C)Cc3ccc(OC)cc3)nc12. The molecule has 0 aliphatic heterocycles. The molecule has 7 nitrogen and oxygen atoms in total. The molecule has 0 saturated carbocycles. The van der Waals surface area contributed by atoms with Crippen LogP contribution in [0.1, 0.15) is 5.56 Å². The number of nitrogens with zero attached hydrogens (tertiary/aromatic N) is 5. The molecule has 30 heavy (non-hydrogen) atoms. The van der Waals surface area contributed by atoms with Gasteiger partial charge in [-0.15, -0.1) is 11.7 Å². The highest BCUT2D eigenvalue weighted by atomic mass is 32.1. The Bertz CT molecular complexity index is 1330. The molecular formula is C22H23N5O2S. The highest BCUT2D eigenvalue weighted by Gasteiger charge is 2.15. The molecule has 0 radical (unpaired) electrons. The van der Waals surface area contributed by atoms with E-state index in [9.17, 15) is 4.79 Å². The topological polar surface area (TPSA) is 56.7 Å². The minimum Gasteiger partial charge on any atom is -0.497 e. The fourth-order valence-electron chi connectivity index (χ4n) is 3.57. The molecule has 154 valence electrons. The summed E-state index contributed by atoms with van der Waals surface area (Å²) >= 11 is 5.74. The van der Waals surface area contributed by atoms with Crippen LogP contribution >= 0.6 is 12.2 Å². The average molecular weight is 422 g/mol. The molecule has 2 aromatic carbocycles. The van der Waals surface area contributed by atoms with Gasteiger partial charge in [-0.3, -0.25) is 18.7 Å². The Morgan fingerprint density at radius 3 is 2.63 bits per heavy atom. The molecule has 0 spiro atoms. The molecule has 0 bridgehead atoms. The van der Waals surface area contributed by atoms with Crippen LogP contribution in [0.15, 0.2) is 66.0 Å². The standard InChI is InChI=1S/C22H23N5O2S/c1-4-13-25-20(28)18-7-5-6-8-19(18)27-21(25)23-26(22(27)30)15-24(2)14-16-9-11-17(29-3)12-10-16/h4-12H,1,13-15H2,2-3H3. The summed E-state index contributed by atoms with van der Waals surface area (Å²) < 4.78 is 11.0. The van der Waals surface area contributed by atoms with Crippen molar-refractivity contribution in [3.05, 3.63) is 81.9 Å². The van der Waals surface area contributed by atoms with Crippen molar-refractivity contribution in [2.24, 2.45) is 0 Å². The fraction of sp³-hybridized carbons (Fsp3) is 0.227. The number of hydrogen-bond acceptors (Lipinski definition) is 5. The third-order valence-electron chi connectivity index (χ3n) is 4.98. The van der Waals surface area contributed by atoms with E-state index in [4.69, 9.17) is 17.0 Å². The summed E-state index contributed by atoms with van der Waals surface area (Å²) in [5.41, 5.74) is 1.81. The van der Waals surface area contributed by atoms with E-state index in [-0.39, 0.29) is 5.56 Å². The van der Waals surface area contributed by atoms with Crippen LogP contribution in [-0.4, -0.2) is 37.8 Å². The van der Waals surface area contributed by atoms with Gasteiger partial charge in [0.25, 0.3) is 5.56 Å². The molecule has 0 unspecified atom stereocenters. The predicted molar refractivity (Wildman–Crippen MR) is 120 cm³/mol. The number of fused-ring (bicyclic) bond motifs is 3. The molecule has 0 atom stereocenters. The molecule has 0 N–H and O–H groups in total. The van der Waals surface area contributed by atoms with Crippen molar-refractivity contribution in [3.63, 3.8) is 0 Å². The number of allylic oxidation sites excluding steroid dienone is 1. The number of methoxy groups -OCH3 is 1.